The predicted molar refractivity (Wildman–Crippen MR) is 80.8 cm³/mol. The van der Waals surface area contributed by atoms with Crippen LogP contribution in [-0.2, 0) is 11.2 Å². The molecule has 1 atom stereocenters. The minimum Gasteiger partial charge on any atom is -0.353 e. The van der Waals surface area contributed by atoms with Gasteiger partial charge in [-0.25, -0.2) is 9.97 Å². The maximum Gasteiger partial charge on any atom is 0.230 e. The average Bonchev–Trinajstić information content (AvgIpc) is 2.46. The lowest BCUT2D eigenvalue weighted by Crippen LogP contribution is -2.35. The first-order valence-electron chi connectivity index (χ1n) is 6.60. The Morgan fingerprint density at radius 2 is 2.19 bits per heavy atom. The van der Waals surface area contributed by atoms with Crippen LogP contribution in [0.1, 0.15) is 18.3 Å². The molecule has 0 aliphatic rings. The van der Waals surface area contributed by atoms with E-state index in [0.29, 0.717) is 17.3 Å². The first-order valence-corrected chi connectivity index (χ1v) is 7.59. The molecule has 7 heteroatoms. The van der Waals surface area contributed by atoms with Gasteiger partial charge in [-0.1, -0.05) is 11.8 Å². The highest BCUT2D eigenvalue weighted by molar-refractivity contribution is 7.99. The predicted octanol–water partition coefficient (Wildman–Crippen LogP) is 1.41. The van der Waals surface area contributed by atoms with E-state index in [0.717, 1.165) is 11.4 Å². The Balaban J connectivity index is 1.76. The number of hydrogen-bond acceptors (Lipinski definition) is 6. The summed E-state index contributed by atoms with van der Waals surface area (Å²) in [5, 5.41) is 3.55. The number of aryl methyl sites for hydroxylation is 1. The van der Waals surface area contributed by atoms with Crippen molar-refractivity contribution in [2.45, 2.75) is 31.5 Å². The van der Waals surface area contributed by atoms with Crippen LogP contribution in [0.2, 0.25) is 0 Å². The van der Waals surface area contributed by atoms with Gasteiger partial charge >= 0.3 is 0 Å². The summed E-state index contributed by atoms with van der Waals surface area (Å²) in [6.45, 7) is 3.84. The Morgan fingerprint density at radius 3 is 2.90 bits per heavy atom. The zero-order chi connectivity index (χ0) is 15.1. The van der Waals surface area contributed by atoms with Crippen LogP contribution >= 0.6 is 11.8 Å². The monoisotopic (exact) mass is 303 g/mol. The van der Waals surface area contributed by atoms with Crippen molar-refractivity contribution in [3.63, 3.8) is 0 Å². The van der Waals surface area contributed by atoms with Gasteiger partial charge in [-0.3, -0.25) is 14.8 Å². The second-order valence-electron chi connectivity index (χ2n) is 4.64. The van der Waals surface area contributed by atoms with Gasteiger partial charge in [-0.05, 0) is 19.9 Å². The van der Waals surface area contributed by atoms with Crippen molar-refractivity contribution in [2.24, 2.45) is 0 Å². The molecule has 0 saturated heterocycles. The van der Waals surface area contributed by atoms with E-state index in [1.54, 1.807) is 24.8 Å². The van der Waals surface area contributed by atoms with E-state index in [9.17, 15) is 4.79 Å². The topological polar surface area (TPSA) is 80.7 Å². The number of nitrogens with one attached hydrogen (secondary N) is 1. The fourth-order valence-electron chi connectivity index (χ4n) is 1.74. The van der Waals surface area contributed by atoms with Crippen LogP contribution in [0.25, 0.3) is 0 Å². The Kier molecular flexibility index (Phi) is 5.62. The summed E-state index contributed by atoms with van der Waals surface area (Å²) in [4.78, 5) is 28.4. The van der Waals surface area contributed by atoms with Gasteiger partial charge in [-0.15, -0.1) is 0 Å². The third-order valence-electron chi connectivity index (χ3n) is 2.64. The van der Waals surface area contributed by atoms with Gasteiger partial charge in [0, 0.05) is 42.9 Å². The minimum absolute atomic E-state index is 0.00762. The van der Waals surface area contributed by atoms with Crippen molar-refractivity contribution >= 4 is 17.7 Å². The summed E-state index contributed by atoms with van der Waals surface area (Å²) >= 11 is 1.33. The second kappa shape index (κ2) is 7.68. The number of carbonyl (C=O) groups excluding carboxylic acids is 1. The van der Waals surface area contributed by atoms with Crippen molar-refractivity contribution in [3.05, 3.63) is 42.2 Å². The summed E-state index contributed by atoms with van der Waals surface area (Å²) in [6, 6.07) is 1.83. The molecular formula is C14H17N5OS. The molecule has 21 heavy (non-hydrogen) atoms. The highest BCUT2D eigenvalue weighted by Crippen LogP contribution is 2.11. The molecule has 0 fully saturated rings. The molecule has 2 aromatic heterocycles. The zero-order valence-electron chi connectivity index (χ0n) is 12.0. The number of nitrogens with zero attached hydrogens (tertiary/aromatic N) is 4. The van der Waals surface area contributed by atoms with Crippen molar-refractivity contribution in [1.29, 1.82) is 0 Å². The number of rotatable bonds is 6. The Morgan fingerprint density at radius 1 is 1.33 bits per heavy atom. The highest BCUT2D eigenvalue weighted by atomic mass is 32.2. The first-order chi connectivity index (χ1) is 10.1. The number of hydrogen-bond donors (Lipinski definition) is 1. The quantitative estimate of drug-likeness (QED) is 0.642. The highest BCUT2D eigenvalue weighted by Gasteiger charge is 2.10. The number of thioether (sulfide) groups is 1. The Bertz CT molecular complexity index is 593. The Labute approximate surface area is 127 Å². The number of amides is 1. The van der Waals surface area contributed by atoms with E-state index in [2.05, 4.69) is 25.3 Å². The molecule has 0 aromatic carbocycles. The molecule has 0 aliphatic heterocycles. The third-order valence-corrected chi connectivity index (χ3v) is 3.51. The van der Waals surface area contributed by atoms with E-state index in [1.807, 2.05) is 19.9 Å². The maximum absolute atomic E-state index is 11.9. The van der Waals surface area contributed by atoms with Crippen molar-refractivity contribution in [3.8, 4) is 0 Å². The molecule has 1 unspecified atom stereocenters. The summed E-state index contributed by atoms with van der Waals surface area (Å²) < 4.78 is 0. The van der Waals surface area contributed by atoms with Crippen LogP contribution < -0.4 is 5.32 Å². The van der Waals surface area contributed by atoms with E-state index >= 15 is 0 Å². The lowest BCUT2D eigenvalue weighted by Gasteiger charge is -2.12. The molecule has 0 radical (unpaired) electrons. The molecule has 1 amide bonds. The number of aromatic nitrogens is 4. The SMILES string of the molecule is Cc1ccnc(SCC(=O)NC(C)Cc2cnccn2)n1. The van der Waals surface area contributed by atoms with Crippen LogP contribution in [0.5, 0.6) is 0 Å². The first kappa shape index (κ1) is 15.4. The molecule has 0 spiro atoms. The molecule has 0 aliphatic carbocycles. The lowest BCUT2D eigenvalue weighted by atomic mass is 10.2. The maximum atomic E-state index is 11.9. The van der Waals surface area contributed by atoms with Gasteiger partial charge in [0.15, 0.2) is 5.16 Å². The van der Waals surface area contributed by atoms with Gasteiger partial charge in [0.05, 0.1) is 11.4 Å². The second-order valence-corrected chi connectivity index (χ2v) is 5.58. The standard InChI is InChI=1S/C14H17N5OS/c1-10-3-4-17-14(19-10)21-9-13(20)18-11(2)7-12-8-15-5-6-16-12/h3-6,8,11H,7,9H2,1-2H3,(H,18,20). The van der Waals surface area contributed by atoms with Crippen molar-refractivity contribution < 1.29 is 4.79 Å². The molecular weight excluding hydrogens is 286 g/mol. The molecule has 1 N–H and O–H groups in total. The van der Waals surface area contributed by atoms with E-state index in [4.69, 9.17) is 0 Å². The fourth-order valence-corrected chi connectivity index (χ4v) is 2.43. The van der Waals surface area contributed by atoms with Crippen LogP contribution in [0, 0.1) is 6.92 Å². The van der Waals surface area contributed by atoms with Crippen LogP contribution in [0.3, 0.4) is 0 Å². The summed E-state index contributed by atoms with van der Waals surface area (Å²) in [7, 11) is 0. The van der Waals surface area contributed by atoms with E-state index < -0.39 is 0 Å². The zero-order valence-corrected chi connectivity index (χ0v) is 12.8. The molecule has 0 bridgehead atoms. The van der Waals surface area contributed by atoms with Crippen molar-refractivity contribution in [1.82, 2.24) is 25.3 Å². The van der Waals surface area contributed by atoms with Crippen LogP contribution in [0.15, 0.2) is 36.0 Å². The molecule has 6 nitrogen and oxygen atoms in total. The summed E-state index contributed by atoms with van der Waals surface area (Å²) in [6.07, 6.45) is 7.34. The van der Waals surface area contributed by atoms with E-state index in [1.165, 1.54) is 11.8 Å². The Hall–Kier alpha value is -2.02. The third kappa shape index (κ3) is 5.47. The lowest BCUT2D eigenvalue weighted by molar-refractivity contribution is -0.119. The molecule has 2 aromatic rings. The summed E-state index contributed by atoms with van der Waals surface area (Å²) in [5.41, 5.74) is 1.75. The van der Waals surface area contributed by atoms with E-state index in [-0.39, 0.29) is 11.9 Å². The fraction of sp³-hybridized carbons (Fsp3) is 0.357. The minimum atomic E-state index is -0.0403. The van der Waals surface area contributed by atoms with Crippen LogP contribution in [-0.4, -0.2) is 37.6 Å². The van der Waals surface area contributed by atoms with Crippen LogP contribution in [0.4, 0.5) is 0 Å². The van der Waals surface area contributed by atoms with Gasteiger partial charge in [-0.2, -0.15) is 0 Å². The molecule has 0 saturated carbocycles. The smallest absolute Gasteiger partial charge is 0.230 e. The van der Waals surface area contributed by atoms with Gasteiger partial charge in [0.1, 0.15) is 0 Å². The average molecular weight is 303 g/mol. The van der Waals surface area contributed by atoms with Gasteiger partial charge in [0.2, 0.25) is 5.91 Å². The number of carbonyl (C=O) groups is 1. The molecule has 110 valence electrons. The normalized spacial score (nSPS) is 11.9. The molecule has 2 heterocycles. The van der Waals surface area contributed by atoms with Gasteiger partial charge < -0.3 is 5.32 Å². The summed E-state index contributed by atoms with van der Waals surface area (Å²) in [5.74, 6) is 0.260. The van der Waals surface area contributed by atoms with Crippen molar-refractivity contribution in [2.75, 3.05) is 5.75 Å². The van der Waals surface area contributed by atoms with Gasteiger partial charge in [0.25, 0.3) is 0 Å². The molecule has 2 rings (SSSR count). The largest absolute Gasteiger partial charge is 0.353 e.